The summed E-state index contributed by atoms with van der Waals surface area (Å²) in [5, 5.41) is 3.14. The van der Waals surface area contributed by atoms with Crippen molar-refractivity contribution in [1.82, 2.24) is 5.32 Å². The van der Waals surface area contributed by atoms with Gasteiger partial charge in [0.05, 0.1) is 10.6 Å². The lowest BCUT2D eigenvalue weighted by molar-refractivity contribution is 0.0922. The molecule has 29 heavy (non-hydrogen) atoms. The number of fused-ring (bicyclic) bond motifs is 2. The van der Waals surface area contributed by atoms with E-state index in [2.05, 4.69) is 10.0 Å². The molecule has 0 radical (unpaired) electrons. The van der Waals surface area contributed by atoms with E-state index in [9.17, 15) is 13.2 Å². The number of hydrogen-bond acceptors (Lipinski definition) is 3. The number of sulfonamides is 1. The number of aryl methyl sites for hydroxylation is 2. The van der Waals surface area contributed by atoms with Crippen molar-refractivity contribution in [3.63, 3.8) is 0 Å². The van der Waals surface area contributed by atoms with E-state index in [1.165, 1.54) is 25.3 Å². The molecule has 0 spiro atoms. The Morgan fingerprint density at radius 1 is 1.00 bits per heavy atom. The van der Waals surface area contributed by atoms with Crippen LogP contribution in [0.3, 0.4) is 0 Å². The Bertz CT molecular complexity index is 1060. The number of benzene rings is 2. The third-order valence-electron chi connectivity index (χ3n) is 6.64. The van der Waals surface area contributed by atoms with Gasteiger partial charge < -0.3 is 5.32 Å². The van der Waals surface area contributed by atoms with Crippen molar-refractivity contribution in [3.8, 4) is 0 Å². The van der Waals surface area contributed by atoms with E-state index in [-0.39, 0.29) is 16.8 Å². The van der Waals surface area contributed by atoms with E-state index in [0.717, 1.165) is 23.5 Å². The topological polar surface area (TPSA) is 75.3 Å². The molecule has 0 heterocycles. The molecule has 0 saturated heterocycles. The molecular weight excluding hydrogens is 384 g/mol. The fourth-order valence-corrected chi connectivity index (χ4v) is 6.16. The number of rotatable bonds is 5. The summed E-state index contributed by atoms with van der Waals surface area (Å²) in [5.41, 5.74) is 3.46. The summed E-state index contributed by atoms with van der Waals surface area (Å²) >= 11 is 0. The van der Waals surface area contributed by atoms with Gasteiger partial charge in [-0.3, -0.25) is 9.52 Å². The third kappa shape index (κ3) is 3.90. The van der Waals surface area contributed by atoms with Crippen molar-refractivity contribution in [2.75, 3.05) is 4.72 Å². The molecule has 0 aromatic heterocycles. The van der Waals surface area contributed by atoms with Crippen LogP contribution in [0.5, 0.6) is 0 Å². The van der Waals surface area contributed by atoms with E-state index in [4.69, 9.17) is 0 Å². The van der Waals surface area contributed by atoms with Gasteiger partial charge in [-0.25, -0.2) is 8.42 Å². The summed E-state index contributed by atoms with van der Waals surface area (Å²) in [6.45, 7) is 5.58. The molecule has 2 N–H and O–H groups in total. The molecule has 6 heteroatoms. The Labute approximate surface area is 173 Å². The molecule has 2 fully saturated rings. The van der Waals surface area contributed by atoms with E-state index in [1.807, 2.05) is 26.0 Å². The Hall–Kier alpha value is -2.34. The van der Waals surface area contributed by atoms with E-state index >= 15 is 0 Å². The summed E-state index contributed by atoms with van der Waals surface area (Å²) in [7, 11) is -3.80. The van der Waals surface area contributed by atoms with Crippen LogP contribution in [0.1, 0.15) is 52.7 Å². The Balaban J connectivity index is 1.57. The van der Waals surface area contributed by atoms with E-state index in [0.29, 0.717) is 22.7 Å². The third-order valence-corrected chi connectivity index (χ3v) is 8.15. The van der Waals surface area contributed by atoms with Crippen molar-refractivity contribution in [2.24, 2.45) is 11.8 Å². The average Bonchev–Trinajstić information content (AvgIpc) is 3.28. The van der Waals surface area contributed by atoms with Crippen LogP contribution in [0.4, 0.5) is 5.69 Å². The Kier molecular flexibility index (Phi) is 5.15. The lowest BCUT2D eigenvalue weighted by Crippen LogP contribution is -2.38. The number of anilines is 1. The van der Waals surface area contributed by atoms with Gasteiger partial charge in [0.15, 0.2) is 0 Å². The maximum atomic E-state index is 13.1. The second-order valence-corrected chi connectivity index (χ2v) is 10.2. The van der Waals surface area contributed by atoms with Gasteiger partial charge in [0.1, 0.15) is 0 Å². The van der Waals surface area contributed by atoms with Crippen molar-refractivity contribution < 1.29 is 13.2 Å². The van der Waals surface area contributed by atoms with Gasteiger partial charge in [-0.1, -0.05) is 24.6 Å². The van der Waals surface area contributed by atoms with Gasteiger partial charge in [-0.2, -0.15) is 0 Å². The highest BCUT2D eigenvalue weighted by Crippen LogP contribution is 2.44. The lowest BCUT2D eigenvalue weighted by Gasteiger charge is -2.23. The first-order valence-electron chi connectivity index (χ1n) is 10.2. The molecule has 2 aromatic carbocycles. The van der Waals surface area contributed by atoms with Crippen molar-refractivity contribution in [1.29, 1.82) is 0 Å². The normalized spacial score (nSPS) is 23.2. The first kappa shape index (κ1) is 20.0. The maximum Gasteiger partial charge on any atom is 0.262 e. The highest BCUT2D eigenvalue weighted by Gasteiger charge is 2.40. The van der Waals surface area contributed by atoms with Gasteiger partial charge in [0.25, 0.3) is 15.9 Å². The predicted octanol–water partition coefficient (Wildman–Crippen LogP) is 4.33. The highest BCUT2D eigenvalue weighted by atomic mass is 32.2. The maximum absolute atomic E-state index is 13.1. The predicted molar refractivity (Wildman–Crippen MR) is 115 cm³/mol. The van der Waals surface area contributed by atoms with Crippen LogP contribution in [0.15, 0.2) is 41.3 Å². The fourth-order valence-electron chi connectivity index (χ4n) is 4.77. The zero-order valence-corrected chi connectivity index (χ0v) is 18.0. The summed E-state index contributed by atoms with van der Waals surface area (Å²) in [6, 6.07) is 10.6. The SMILES string of the molecule is Cc1ccc(C(=O)N[C@H]2C[C@H]3CC[C@@H]2C3)cc1S(=O)(=O)Nc1cccc(C)c1C. The van der Waals surface area contributed by atoms with Crippen LogP contribution < -0.4 is 10.0 Å². The molecule has 154 valence electrons. The largest absolute Gasteiger partial charge is 0.349 e. The number of carbonyl (C=O) groups is 1. The monoisotopic (exact) mass is 412 g/mol. The van der Waals surface area contributed by atoms with Crippen LogP contribution in [-0.4, -0.2) is 20.4 Å². The molecular formula is C23H28N2O3S. The van der Waals surface area contributed by atoms with Crippen molar-refractivity contribution >= 4 is 21.6 Å². The lowest BCUT2D eigenvalue weighted by atomic mass is 9.95. The number of nitrogens with one attached hydrogen (secondary N) is 2. The quantitative estimate of drug-likeness (QED) is 0.767. The molecule has 0 aliphatic heterocycles. The zero-order valence-electron chi connectivity index (χ0n) is 17.2. The van der Waals surface area contributed by atoms with Gasteiger partial charge in [-0.15, -0.1) is 0 Å². The second kappa shape index (κ2) is 7.48. The van der Waals surface area contributed by atoms with Crippen LogP contribution in [0.2, 0.25) is 0 Å². The van der Waals surface area contributed by atoms with Crippen molar-refractivity contribution in [2.45, 2.75) is 57.4 Å². The molecule has 2 bridgehead atoms. The standard InChI is InChI=1S/C23H28N2O3S/c1-14-5-4-6-20(16(14)3)25-29(27,28)22-13-19(9-7-15(22)2)23(26)24-21-12-17-8-10-18(21)11-17/h4-7,9,13,17-18,21,25H,8,10-12H2,1-3H3,(H,24,26)/t17-,18+,21-/m0/s1. The van der Waals surface area contributed by atoms with Gasteiger partial charge in [0, 0.05) is 11.6 Å². The summed E-state index contributed by atoms with van der Waals surface area (Å²) in [6.07, 6.45) is 4.71. The zero-order chi connectivity index (χ0) is 20.8. The number of amides is 1. The minimum absolute atomic E-state index is 0.138. The molecule has 1 amide bonds. The molecule has 4 rings (SSSR count). The van der Waals surface area contributed by atoms with Crippen LogP contribution in [0, 0.1) is 32.6 Å². The minimum Gasteiger partial charge on any atom is -0.349 e. The first-order chi connectivity index (χ1) is 13.7. The van der Waals surface area contributed by atoms with Gasteiger partial charge in [0.2, 0.25) is 0 Å². The molecule has 0 unspecified atom stereocenters. The molecule has 5 nitrogen and oxygen atoms in total. The summed E-state index contributed by atoms with van der Waals surface area (Å²) < 4.78 is 28.8. The minimum atomic E-state index is -3.80. The molecule has 2 aliphatic rings. The smallest absolute Gasteiger partial charge is 0.262 e. The number of carbonyl (C=O) groups excluding carboxylic acids is 1. The van der Waals surface area contributed by atoms with Gasteiger partial charge >= 0.3 is 0 Å². The van der Waals surface area contributed by atoms with Crippen LogP contribution >= 0.6 is 0 Å². The Morgan fingerprint density at radius 2 is 1.79 bits per heavy atom. The Morgan fingerprint density at radius 3 is 2.48 bits per heavy atom. The van der Waals surface area contributed by atoms with Crippen LogP contribution in [0.25, 0.3) is 0 Å². The van der Waals surface area contributed by atoms with Crippen molar-refractivity contribution in [3.05, 3.63) is 58.7 Å². The van der Waals surface area contributed by atoms with E-state index < -0.39 is 10.0 Å². The van der Waals surface area contributed by atoms with Crippen LogP contribution in [-0.2, 0) is 10.0 Å². The number of hydrogen-bond donors (Lipinski definition) is 2. The molecule has 3 atom stereocenters. The summed E-state index contributed by atoms with van der Waals surface area (Å²) in [4.78, 5) is 12.9. The van der Waals surface area contributed by atoms with E-state index in [1.54, 1.807) is 25.1 Å². The highest BCUT2D eigenvalue weighted by molar-refractivity contribution is 7.92. The molecule has 2 aromatic rings. The molecule has 2 aliphatic carbocycles. The average molecular weight is 413 g/mol. The molecule has 2 saturated carbocycles. The first-order valence-corrected chi connectivity index (χ1v) is 11.7. The van der Waals surface area contributed by atoms with Gasteiger partial charge in [-0.05, 0) is 86.8 Å². The second-order valence-electron chi connectivity index (χ2n) is 8.59. The fraction of sp³-hybridized carbons (Fsp3) is 0.435. The summed E-state index contributed by atoms with van der Waals surface area (Å²) in [5.74, 6) is 1.12.